The number of carbonyl (C=O) groups is 2. The summed E-state index contributed by atoms with van der Waals surface area (Å²) in [5, 5.41) is 0. The van der Waals surface area contributed by atoms with Crippen LogP contribution in [0.5, 0.6) is 0 Å². The zero-order valence-corrected chi connectivity index (χ0v) is 35.9. The van der Waals surface area contributed by atoms with E-state index >= 15 is 0 Å². The van der Waals surface area contributed by atoms with E-state index in [4.69, 9.17) is 24.0 Å². The first-order valence-electron chi connectivity index (χ1n) is 22.4. The maximum atomic E-state index is 12.5. The van der Waals surface area contributed by atoms with E-state index < -0.39 is 32.5 Å². The van der Waals surface area contributed by atoms with Crippen LogP contribution in [-0.2, 0) is 32.9 Å². The second-order valence-corrected chi connectivity index (χ2v) is 16.7. The number of hydrogen-bond acceptors (Lipinski definition) is 7. The van der Waals surface area contributed by atoms with Crippen molar-refractivity contribution in [2.75, 3.05) is 13.2 Å². The molecule has 10 heteroatoms. The summed E-state index contributed by atoms with van der Waals surface area (Å²) in [6.07, 6.45) is 46.0. The minimum atomic E-state index is -4.78. The van der Waals surface area contributed by atoms with Gasteiger partial charge in [0.1, 0.15) is 6.61 Å². The summed E-state index contributed by atoms with van der Waals surface area (Å²) in [7, 11) is -4.78. The number of unbranched alkanes of at least 4 members (excludes halogenated alkanes) is 21. The average Bonchev–Trinajstić information content (AvgIpc) is 3.91. The van der Waals surface area contributed by atoms with Crippen molar-refractivity contribution in [1.29, 1.82) is 0 Å². The quantitative estimate of drug-likeness (QED) is 0.0204. The molecule has 2 N–H and O–H groups in total. The van der Waals surface area contributed by atoms with Crippen molar-refractivity contribution in [3.05, 3.63) is 36.5 Å². The van der Waals surface area contributed by atoms with E-state index in [1.54, 1.807) is 0 Å². The SMILES string of the molecule is CCCCC/C=C\C/C=C\C/C=C\CC1OC1CCCC(=O)O[C@H](COC(=O)CCCCCCCCCCCCCCCCCCCCC)COP(=O)(O)O. The Morgan fingerprint density at radius 2 is 1.05 bits per heavy atom. The van der Waals surface area contributed by atoms with Gasteiger partial charge in [-0.05, 0) is 51.4 Å². The zero-order chi connectivity index (χ0) is 40.1. The third-order valence-corrected chi connectivity index (χ3v) is 10.6. The molecule has 2 unspecified atom stereocenters. The molecule has 320 valence electrons. The molecule has 0 aromatic heterocycles. The standard InChI is InChI=1S/C45H81O9P/c1-3-5-7-9-11-13-15-17-18-19-20-21-22-23-25-27-29-31-33-37-44(46)51-39-41(40-52-55(48,49)50)53-45(47)38-34-36-43-42(54-43)35-32-30-28-26-24-16-14-12-10-8-6-4-2/h12,14,24,26,30,32,41-43H,3-11,13,15-23,25,27-29,31,33-40H2,1-2H3,(H2,48,49,50)/b14-12-,26-24-,32-30-/t41-,42?,43?/m1/s1. The molecule has 1 fully saturated rings. The van der Waals surface area contributed by atoms with Gasteiger partial charge in [0, 0.05) is 12.8 Å². The highest BCUT2D eigenvalue weighted by molar-refractivity contribution is 7.46. The maximum absolute atomic E-state index is 12.5. The first kappa shape index (κ1) is 51.2. The summed E-state index contributed by atoms with van der Waals surface area (Å²) in [6, 6.07) is 0. The number of phosphoric ester groups is 1. The molecule has 1 saturated heterocycles. The lowest BCUT2D eigenvalue weighted by atomic mass is 10.0. The van der Waals surface area contributed by atoms with Gasteiger partial charge in [0.15, 0.2) is 6.10 Å². The van der Waals surface area contributed by atoms with Gasteiger partial charge in [-0.15, -0.1) is 0 Å². The Hall–Kier alpha value is -1.77. The van der Waals surface area contributed by atoms with E-state index in [2.05, 4.69) is 54.8 Å². The molecule has 3 atom stereocenters. The normalized spacial score (nSPS) is 16.4. The highest BCUT2D eigenvalue weighted by atomic mass is 31.2. The number of esters is 2. The minimum Gasteiger partial charge on any atom is -0.462 e. The molecular weight excluding hydrogens is 715 g/mol. The van der Waals surface area contributed by atoms with Crippen molar-refractivity contribution < 1.29 is 42.7 Å². The van der Waals surface area contributed by atoms with Crippen LogP contribution in [0.3, 0.4) is 0 Å². The van der Waals surface area contributed by atoms with Gasteiger partial charge in [0.2, 0.25) is 0 Å². The van der Waals surface area contributed by atoms with Crippen LogP contribution in [0.2, 0.25) is 0 Å². The Kier molecular flexibility index (Phi) is 34.1. The lowest BCUT2D eigenvalue weighted by Crippen LogP contribution is -2.29. The highest BCUT2D eigenvalue weighted by Crippen LogP contribution is 2.36. The lowest BCUT2D eigenvalue weighted by Gasteiger charge is -2.18. The molecule has 0 spiro atoms. The van der Waals surface area contributed by atoms with Crippen LogP contribution < -0.4 is 0 Å². The fourth-order valence-corrected chi connectivity index (χ4v) is 7.00. The molecule has 55 heavy (non-hydrogen) atoms. The number of phosphoric acid groups is 1. The van der Waals surface area contributed by atoms with Crippen LogP contribution in [0.25, 0.3) is 0 Å². The Morgan fingerprint density at radius 3 is 1.60 bits per heavy atom. The summed E-state index contributed by atoms with van der Waals surface area (Å²) < 4.78 is 32.2. The predicted octanol–water partition coefficient (Wildman–Crippen LogP) is 12.7. The molecule has 0 aromatic rings. The second-order valence-electron chi connectivity index (χ2n) is 15.4. The lowest BCUT2D eigenvalue weighted by molar-refractivity contribution is -0.161. The Labute approximate surface area is 336 Å². The number of allylic oxidation sites excluding steroid dienone is 5. The van der Waals surface area contributed by atoms with Gasteiger partial charge in [0.25, 0.3) is 0 Å². The number of epoxide rings is 1. The van der Waals surface area contributed by atoms with Crippen molar-refractivity contribution >= 4 is 19.8 Å². The fourth-order valence-electron chi connectivity index (χ4n) is 6.64. The van der Waals surface area contributed by atoms with Gasteiger partial charge in [-0.2, -0.15) is 0 Å². The molecule has 9 nitrogen and oxygen atoms in total. The van der Waals surface area contributed by atoms with Gasteiger partial charge in [0.05, 0.1) is 18.8 Å². The number of carbonyl (C=O) groups excluding carboxylic acids is 2. The first-order valence-corrected chi connectivity index (χ1v) is 23.9. The molecule has 1 aliphatic rings. The van der Waals surface area contributed by atoms with Gasteiger partial charge in [-0.1, -0.05) is 179 Å². The van der Waals surface area contributed by atoms with Crippen molar-refractivity contribution in [3.8, 4) is 0 Å². The summed E-state index contributed by atoms with van der Waals surface area (Å²) in [5.74, 6) is -0.953. The van der Waals surface area contributed by atoms with Gasteiger partial charge < -0.3 is 24.0 Å². The van der Waals surface area contributed by atoms with Crippen LogP contribution in [-0.4, -0.2) is 53.3 Å². The van der Waals surface area contributed by atoms with E-state index in [0.717, 1.165) is 51.4 Å². The minimum absolute atomic E-state index is 0.115. The molecule has 0 aliphatic carbocycles. The summed E-state index contributed by atoms with van der Waals surface area (Å²) >= 11 is 0. The fraction of sp³-hybridized carbons (Fsp3) is 0.822. The molecule has 1 rings (SSSR count). The van der Waals surface area contributed by atoms with Crippen LogP contribution >= 0.6 is 7.82 Å². The second kappa shape index (κ2) is 36.6. The molecular formula is C45H81O9P. The molecule has 0 radical (unpaired) electrons. The number of rotatable bonds is 40. The van der Waals surface area contributed by atoms with E-state index in [9.17, 15) is 14.2 Å². The number of ether oxygens (including phenoxy) is 3. The van der Waals surface area contributed by atoms with Gasteiger partial charge >= 0.3 is 19.8 Å². The topological polar surface area (TPSA) is 132 Å². The molecule has 1 heterocycles. The van der Waals surface area contributed by atoms with Crippen molar-refractivity contribution in [2.45, 2.75) is 225 Å². The Morgan fingerprint density at radius 1 is 0.582 bits per heavy atom. The third kappa shape index (κ3) is 36.3. The zero-order valence-electron chi connectivity index (χ0n) is 35.0. The average molecular weight is 797 g/mol. The van der Waals surface area contributed by atoms with Crippen molar-refractivity contribution in [1.82, 2.24) is 0 Å². The summed E-state index contributed by atoms with van der Waals surface area (Å²) in [6.45, 7) is 3.62. The highest BCUT2D eigenvalue weighted by Gasteiger charge is 2.36. The van der Waals surface area contributed by atoms with Crippen molar-refractivity contribution in [2.24, 2.45) is 0 Å². The molecule has 0 aromatic carbocycles. The van der Waals surface area contributed by atoms with E-state index in [0.29, 0.717) is 6.42 Å². The largest absolute Gasteiger partial charge is 0.469 e. The predicted molar refractivity (Wildman–Crippen MR) is 225 cm³/mol. The van der Waals surface area contributed by atoms with Gasteiger partial charge in [-0.25, -0.2) is 4.57 Å². The Balaban J connectivity index is 2.08. The monoisotopic (exact) mass is 797 g/mol. The third-order valence-electron chi connectivity index (χ3n) is 10.1. The Bertz CT molecular complexity index is 1050. The maximum Gasteiger partial charge on any atom is 0.469 e. The van der Waals surface area contributed by atoms with Crippen LogP contribution in [0.1, 0.15) is 206 Å². The van der Waals surface area contributed by atoms with Crippen LogP contribution in [0.4, 0.5) is 0 Å². The van der Waals surface area contributed by atoms with Crippen LogP contribution in [0.15, 0.2) is 36.5 Å². The number of hydrogen-bond donors (Lipinski definition) is 2. The van der Waals surface area contributed by atoms with E-state index in [1.165, 1.54) is 122 Å². The smallest absolute Gasteiger partial charge is 0.462 e. The first-order chi connectivity index (χ1) is 26.7. The molecule has 0 amide bonds. The van der Waals surface area contributed by atoms with Crippen LogP contribution in [0, 0.1) is 0 Å². The van der Waals surface area contributed by atoms with E-state index in [1.807, 2.05) is 0 Å². The summed E-state index contributed by atoms with van der Waals surface area (Å²) in [5.41, 5.74) is 0. The summed E-state index contributed by atoms with van der Waals surface area (Å²) in [4.78, 5) is 43.1. The molecule has 1 aliphatic heterocycles. The molecule has 0 saturated carbocycles. The molecule has 0 bridgehead atoms. The van der Waals surface area contributed by atoms with Crippen molar-refractivity contribution in [3.63, 3.8) is 0 Å². The van der Waals surface area contributed by atoms with Gasteiger partial charge in [-0.3, -0.25) is 14.1 Å². The van der Waals surface area contributed by atoms with E-state index in [-0.39, 0.29) is 31.7 Å².